The van der Waals surface area contributed by atoms with Crippen LogP contribution in [0.3, 0.4) is 0 Å². The lowest BCUT2D eigenvalue weighted by molar-refractivity contribution is 0.266. The monoisotopic (exact) mass is 305 g/mol. The maximum absolute atomic E-state index is 9.18. The molecule has 3 aromatic rings. The molecule has 0 aliphatic rings. The highest BCUT2D eigenvalue weighted by atomic mass is 32.2. The van der Waals surface area contributed by atoms with Crippen molar-refractivity contribution in [1.82, 2.24) is 34.3 Å². The number of hydrogen-bond acceptors (Lipinski definition) is 7. The van der Waals surface area contributed by atoms with Crippen LogP contribution >= 0.6 is 11.8 Å². The Morgan fingerprint density at radius 1 is 1.33 bits per heavy atom. The highest BCUT2D eigenvalue weighted by Crippen LogP contribution is 2.26. The van der Waals surface area contributed by atoms with Crippen molar-refractivity contribution in [3.8, 4) is 0 Å². The van der Waals surface area contributed by atoms with Gasteiger partial charge in [-0.1, -0.05) is 13.3 Å². The van der Waals surface area contributed by atoms with Crippen LogP contribution in [-0.2, 0) is 20.1 Å². The van der Waals surface area contributed by atoms with Gasteiger partial charge in [0.1, 0.15) is 18.0 Å². The molecule has 0 radical (unpaired) electrons. The summed E-state index contributed by atoms with van der Waals surface area (Å²) in [6.07, 6.45) is 3.38. The standard InChI is InChI=1S/C12H15N7OS/c1-3-4-8-5-10(19-11(15-8)13-7-14-19)21-12-17-16-9(6-20)18(12)2/h5,7,20H,3-4,6H2,1-2H3. The largest absolute Gasteiger partial charge is 0.388 e. The van der Waals surface area contributed by atoms with Gasteiger partial charge in [-0.15, -0.1) is 10.2 Å². The van der Waals surface area contributed by atoms with E-state index in [0.29, 0.717) is 16.8 Å². The van der Waals surface area contributed by atoms with Crippen LogP contribution in [0.15, 0.2) is 22.6 Å². The molecule has 0 fully saturated rings. The summed E-state index contributed by atoms with van der Waals surface area (Å²) in [6, 6.07) is 1.99. The molecule has 0 aromatic carbocycles. The average molecular weight is 305 g/mol. The molecule has 0 atom stereocenters. The summed E-state index contributed by atoms with van der Waals surface area (Å²) in [7, 11) is 1.82. The van der Waals surface area contributed by atoms with Crippen molar-refractivity contribution in [3.05, 3.63) is 23.9 Å². The quantitative estimate of drug-likeness (QED) is 0.698. The average Bonchev–Trinajstić information content (AvgIpc) is 3.07. The number of hydrogen-bond donors (Lipinski definition) is 1. The van der Waals surface area contributed by atoms with E-state index in [1.165, 1.54) is 18.1 Å². The van der Waals surface area contributed by atoms with Crippen molar-refractivity contribution in [2.24, 2.45) is 7.05 Å². The molecule has 3 rings (SSSR count). The van der Waals surface area contributed by atoms with E-state index in [1.807, 2.05) is 13.1 Å². The Bertz CT molecular complexity index is 766. The topological polar surface area (TPSA) is 94.0 Å². The zero-order valence-corrected chi connectivity index (χ0v) is 12.6. The molecule has 0 amide bonds. The zero-order valence-electron chi connectivity index (χ0n) is 11.8. The minimum absolute atomic E-state index is 0.139. The molecule has 9 heteroatoms. The molecule has 0 aliphatic carbocycles. The summed E-state index contributed by atoms with van der Waals surface area (Å²) in [5.74, 6) is 1.10. The summed E-state index contributed by atoms with van der Waals surface area (Å²) in [5, 5.41) is 22.9. The van der Waals surface area contributed by atoms with Crippen molar-refractivity contribution < 1.29 is 5.11 Å². The second kappa shape index (κ2) is 5.78. The predicted molar refractivity (Wildman–Crippen MR) is 75.8 cm³/mol. The Balaban J connectivity index is 2.02. The second-order valence-electron chi connectivity index (χ2n) is 4.53. The highest BCUT2D eigenvalue weighted by Gasteiger charge is 2.14. The Morgan fingerprint density at radius 3 is 2.90 bits per heavy atom. The number of aliphatic hydroxyl groups is 1. The molecule has 21 heavy (non-hydrogen) atoms. The number of aliphatic hydroxyl groups excluding tert-OH is 1. The van der Waals surface area contributed by atoms with Crippen LogP contribution < -0.4 is 0 Å². The molecular weight excluding hydrogens is 290 g/mol. The SMILES string of the molecule is CCCc1cc(Sc2nnc(CO)n2C)n2ncnc2n1. The van der Waals surface area contributed by atoms with Gasteiger partial charge < -0.3 is 9.67 Å². The Labute approximate surface area is 125 Å². The van der Waals surface area contributed by atoms with Crippen molar-refractivity contribution in [2.75, 3.05) is 0 Å². The Morgan fingerprint density at radius 2 is 2.19 bits per heavy atom. The van der Waals surface area contributed by atoms with E-state index in [4.69, 9.17) is 0 Å². The van der Waals surface area contributed by atoms with Crippen LogP contribution in [0.2, 0.25) is 0 Å². The van der Waals surface area contributed by atoms with Crippen molar-refractivity contribution in [1.29, 1.82) is 0 Å². The van der Waals surface area contributed by atoms with E-state index in [1.54, 1.807) is 9.08 Å². The molecule has 0 aliphatic heterocycles. The van der Waals surface area contributed by atoms with E-state index in [-0.39, 0.29) is 6.61 Å². The van der Waals surface area contributed by atoms with Crippen LogP contribution in [-0.4, -0.2) is 39.5 Å². The van der Waals surface area contributed by atoms with Gasteiger partial charge in [0.25, 0.3) is 5.78 Å². The second-order valence-corrected chi connectivity index (χ2v) is 5.51. The van der Waals surface area contributed by atoms with Crippen LogP contribution in [0.4, 0.5) is 0 Å². The lowest BCUT2D eigenvalue weighted by Crippen LogP contribution is -2.02. The molecule has 0 unspecified atom stereocenters. The summed E-state index contributed by atoms with van der Waals surface area (Å²) in [5.41, 5.74) is 0.977. The first kappa shape index (κ1) is 14.0. The number of nitrogens with zero attached hydrogens (tertiary/aromatic N) is 7. The first-order valence-electron chi connectivity index (χ1n) is 6.59. The van der Waals surface area contributed by atoms with Gasteiger partial charge in [-0.05, 0) is 24.2 Å². The van der Waals surface area contributed by atoms with Gasteiger partial charge in [-0.3, -0.25) is 0 Å². The number of fused-ring (bicyclic) bond motifs is 1. The van der Waals surface area contributed by atoms with Gasteiger partial charge in [0, 0.05) is 12.7 Å². The number of aromatic nitrogens is 7. The van der Waals surface area contributed by atoms with E-state index in [0.717, 1.165) is 23.6 Å². The Hall–Kier alpha value is -2.00. The van der Waals surface area contributed by atoms with Crippen LogP contribution in [0.25, 0.3) is 5.78 Å². The van der Waals surface area contributed by atoms with Crippen molar-refractivity contribution in [2.45, 2.75) is 36.6 Å². The van der Waals surface area contributed by atoms with Crippen molar-refractivity contribution >= 4 is 17.5 Å². The normalized spacial score (nSPS) is 11.4. The lowest BCUT2D eigenvalue weighted by atomic mass is 10.2. The summed E-state index contributed by atoms with van der Waals surface area (Å²) < 4.78 is 3.43. The van der Waals surface area contributed by atoms with Gasteiger partial charge in [-0.2, -0.15) is 14.6 Å². The fraction of sp³-hybridized carbons (Fsp3) is 0.417. The van der Waals surface area contributed by atoms with E-state index in [9.17, 15) is 5.11 Å². The predicted octanol–water partition coefficient (Wildman–Crippen LogP) is 0.849. The molecule has 0 bridgehead atoms. The minimum atomic E-state index is -0.139. The number of aryl methyl sites for hydroxylation is 1. The fourth-order valence-electron chi connectivity index (χ4n) is 1.95. The summed E-state index contributed by atoms with van der Waals surface area (Å²) in [4.78, 5) is 8.62. The van der Waals surface area contributed by atoms with Crippen LogP contribution in [0.5, 0.6) is 0 Å². The van der Waals surface area contributed by atoms with E-state index >= 15 is 0 Å². The van der Waals surface area contributed by atoms with Crippen LogP contribution in [0, 0.1) is 0 Å². The van der Waals surface area contributed by atoms with Gasteiger partial charge >= 0.3 is 0 Å². The van der Waals surface area contributed by atoms with E-state index < -0.39 is 0 Å². The zero-order chi connectivity index (χ0) is 14.8. The maximum Gasteiger partial charge on any atom is 0.253 e. The highest BCUT2D eigenvalue weighted by molar-refractivity contribution is 7.99. The third-order valence-corrected chi connectivity index (χ3v) is 4.08. The molecule has 8 nitrogen and oxygen atoms in total. The van der Waals surface area contributed by atoms with E-state index in [2.05, 4.69) is 32.2 Å². The first-order chi connectivity index (χ1) is 10.2. The molecular formula is C12H15N7OS. The summed E-state index contributed by atoms with van der Waals surface area (Å²) >= 11 is 1.42. The number of rotatable bonds is 5. The minimum Gasteiger partial charge on any atom is -0.388 e. The lowest BCUT2D eigenvalue weighted by Gasteiger charge is -2.06. The van der Waals surface area contributed by atoms with Gasteiger partial charge in [0.15, 0.2) is 11.0 Å². The fourth-order valence-corrected chi connectivity index (χ4v) is 2.87. The third-order valence-electron chi connectivity index (χ3n) is 3.04. The third kappa shape index (κ3) is 2.61. The summed E-state index contributed by atoms with van der Waals surface area (Å²) in [6.45, 7) is 1.97. The molecule has 0 saturated carbocycles. The molecule has 1 N–H and O–H groups in total. The van der Waals surface area contributed by atoms with Gasteiger partial charge in [0.05, 0.1) is 0 Å². The molecule has 3 aromatic heterocycles. The van der Waals surface area contributed by atoms with Crippen molar-refractivity contribution in [3.63, 3.8) is 0 Å². The van der Waals surface area contributed by atoms with Gasteiger partial charge in [-0.25, -0.2) is 4.98 Å². The molecule has 0 spiro atoms. The maximum atomic E-state index is 9.18. The molecule has 3 heterocycles. The smallest absolute Gasteiger partial charge is 0.253 e. The van der Waals surface area contributed by atoms with Gasteiger partial charge in [0.2, 0.25) is 0 Å². The van der Waals surface area contributed by atoms with Crippen LogP contribution in [0.1, 0.15) is 24.9 Å². The Kier molecular flexibility index (Phi) is 3.84. The molecule has 0 saturated heterocycles. The first-order valence-corrected chi connectivity index (χ1v) is 7.41. The molecule has 110 valence electrons.